The van der Waals surface area contributed by atoms with Gasteiger partial charge in [0.2, 0.25) is 11.8 Å². The number of carboxylic acid groups (broad SMARTS) is 1. The van der Waals surface area contributed by atoms with Crippen LogP contribution in [0, 0.1) is 5.92 Å². The molecule has 0 spiro atoms. The van der Waals surface area contributed by atoms with Crippen LogP contribution in [-0.2, 0) is 20.8 Å². The van der Waals surface area contributed by atoms with E-state index in [-0.39, 0.29) is 36.7 Å². The smallest absolute Gasteiger partial charge is 0.306 e. The Balaban J connectivity index is 1.67. The molecule has 1 fully saturated rings. The highest BCUT2D eigenvalue weighted by atomic mass is 16.4. The molecule has 1 aromatic rings. The molecule has 0 bridgehead atoms. The molecular formula is C16H20N2O4. The lowest BCUT2D eigenvalue weighted by Crippen LogP contribution is -2.41. The second-order valence-corrected chi connectivity index (χ2v) is 5.55. The van der Waals surface area contributed by atoms with Crippen LogP contribution >= 0.6 is 0 Å². The Bertz CT molecular complexity index is 544. The molecule has 6 heteroatoms. The van der Waals surface area contributed by atoms with Gasteiger partial charge in [0.15, 0.2) is 0 Å². The third-order valence-electron chi connectivity index (χ3n) is 3.80. The van der Waals surface area contributed by atoms with Crippen molar-refractivity contribution < 1.29 is 19.5 Å². The molecule has 6 nitrogen and oxygen atoms in total. The van der Waals surface area contributed by atoms with E-state index in [1.54, 1.807) is 0 Å². The van der Waals surface area contributed by atoms with E-state index in [1.165, 1.54) is 0 Å². The van der Waals surface area contributed by atoms with Gasteiger partial charge in [0, 0.05) is 6.04 Å². The van der Waals surface area contributed by atoms with E-state index in [9.17, 15) is 14.4 Å². The third kappa shape index (κ3) is 4.87. The summed E-state index contributed by atoms with van der Waals surface area (Å²) in [5.41, 5.74) is 0.889. The molecule has 2 amide bonds. The number of rotatable bonds is 6. The lowest BCUT2D eigenvalue weighted by Gasteiger charge is -2.13. The maximum Gasteiger partial charge on any atom is 0.306 e. The molecule has 118 valence electrons. The normalized spacial score (nSPS) is 20.4. The average molecular weight is 304 g/mol. The van der Waals surface area contributed by atoms with E-state index < -0.39 is 5.97 Å². The van der Waals surface area contributed by atoms with Gasteiger partial charge in [-0.05, 0) is 24.8 Å². The van der Waals surface area contributed by atoms with Crippen molar-refractivity contribution in [3.8, 4) is 0 Å². The van der Waals surface area contributed by atoms with Crippen LogP contribution in [0.25, 0.3) is 0 Å². The van der Waals surface area contributed by atoms with Crippen molar-refractivity contribution in [3.05, 3.63) is 35.9 Å². The second-order valence-electron chi connectivity index (χ2n) is 5.55. The standard InChI is InChI=1S/C16H20N2O4/c19-14(8-11-4-2-1-3-5-11)17-10-15(20)18-13-7-6-12(9-13)16(21)22/h1-5,12-13H,6-10H2,(H,17,19)(H,18,20)(H,21,22)/t12-,13+/m1/s1. The number of carbonyl (C=O) groups is 3. The van der Waals surface area contributed by atoms with E-state index in [1.807, 2.05) is 30.3 Å². The number of carboxylic acids is 1. The van der Waals surface area contributed by atoms with Gasteiger partial charge >= 0.3 is 5.97 Å². The molecule has 0 aromatic heterocycles. The van der Waals surface area contributed by atoms with Crippen LogP contribution in [0.4, 0.5) is 0 Å². The molecule has 1 aromatic carbocycles. The molecule has 0 radical (unpaired) electrons. The van der Waals surface area contributed by atoms with Crippen molar-refractivity contribution in [1.29, 1.82) is 0 Å². The first kappa shape index (κ1) is 16.0. The van der Waals surface area contributed by atoms with Crippen molar-refractivity contribution in [1.82, 2.24) is 10.6 Å². The topological polar surface area (TPSA) is 95.5 Å². The average Bonchev–Trinajstić information content (AvgIpc) is 2.95. The van der Waals surface area contributed by atoms with Gasteiger partial charge in [-0.15, -0.1) is 0 Å². The van der Waals surface area contributed by atoms with Gasteiger partial charge in [0.05, 0.1) is 18.9 Å². The fourth-order valence-corrected chi connectivity index (χ4v) is 2.64. The lowest BCUT2D eigenvalue weighted by atomic mass is 10.1. The molecule has 1 aliphatic carbocycles. The van der Waals surface area contributed by atoms with E-state index in [0.717, 1.165) is 5.56 Å². The van der Waals surface area contributed by atoms with Crippen molar-refractivity contribution in [2.24, 2.45) is 5.92 Å². The van der Waals surface area contributed by atoms with Gasteiger partial charge in [-0.1, -0.05) is 30.3 Å². The van der Waals surface area contributed by atoms with E-state index in [4.69, 9.17) is 5.11 Å². The first-order valence-corrected chi connectivity index (χ1v) is 7.37. The number of hydrogen-bond donors (Lipinski definition) is 3. The van der Waals surface area contributed by atoms with Crippen LogP contribution in [-0.4, -0.2) is 35.5 Å². The minimum absolute atomic E-state index is 0.0834. The Morgan fingerprint density at radius 3 is 2.45 bits per heavy atom. The molecule has 0 saturated heterocycles. The number of amides is 2. The first-order valence-electron chi connectivity index (χ1n) is 7.37. The molecule has 0 heterocycles. The predicted octanol–water partition coefficient (Wildman–Crippen LogP) is 0.715. The molecule has 0 unspecified atom stereocenters. The van der Waals surface area contributed by atoms with Crippen molar-refractivity contribution in [2.45, 2.75) is 31.7 Å². The second kappa shape index (κ2) is 7.59. The number of nitrogens with one attached hydrogen (secondary N) is 2. The molecular weight excluding hydrogens is 284 g/mol. The van der Waals surface area contributed by atoms with Crippen LogP contribution in [0.15, 0.2) is 30.3 Å². The highest BCUT2D eigenvalue weighted by molar-refractivity contribution is 5.85. The van der Waals surface area contributed by atoms with Crippen LogP contribution in [0.2, 0.25) is 0 Å². The number of benzene rings is 1. The summed E-state index contributed by atoms with van der Waals surface area (Å²) in [6, 6.07) is 9.18. The maximum absolute atomic E-state index is 11.8. The van der Waals surface area contributed by atoms with Gasteiger partial charge in [-0.3, -0.25) is 14.4 Å². The van der Waals surface area contributed by atoms with Crippen LogP contribution < -0.4 is 10.6 Å². The molecule has 3 N–H and O–H groups in total. The largest absolute Gasteiger partial charge is 0.481 e. The van der Waals surface area contributed by atoms with Crippen LogP contribution in [0.3, 0.4) is 0 Å². The van der Waals surface area contributed by atoms with Gasteiger partial charge in [0.1, 0.15) is 0 Å². The zero-order chi connectivity index (χ0) is 15.9. The van der Waals surface area contributed by atoms with Crippen molar-refractivity contribution >= 4 is 17.8 Å². The Morgan fingerprint density at radius 2 is 1.82 bits per heavy atom. The fourth-order valence-electron chi connectivity index (χ4n) is 2.64. The molecule has 2 rings (SSSR count). The van der Waals surface area contributed by atoms with Gasteiger partial charge in [-0.2, -0.15) is 0 Å². The third-order valence-corrected chi connectivity index (χ3v) is 3.80. The molecule has 1 saturated carbocycles. The highest BCUT2D eigenvalue weighted by Crippen LogP contribution is 2.25. The van der Waals surface area contributed by atoms with E-state index in [0.29, 0.717) is 19.3 Å². The Morgan fingerprint density at radius 1 is 1.09 bits per heavy atom. The minimum Gasteiger partial charge on any atom is -0.481 e. The molecule has 2 atom stereocenters. The van der Waals surface area contributed by atoms with E-state index >= 15 is 0 Å². The summed E-state index contributed by atoms with van der Waals surface area (Å²) in [4.78, 5) is 34.3. The zero-order valence-electron chi connectivity index (χ0n) is 12.2. The lowest BCUT2D eigenvalue weighted by molar-refractivity contribution is -0.141. The zero-order valence-corrected chi connectivity index (χ0v) is 12.2. The quantitative estimate of drug-likeness (QED) is 0.721. The SMILES string of the molecule is O=C(Cc1ccccc1)NCC(=O)N[C@H]1CC[C@@H](C(=O)O)C1. The summed E-state index contributed by atoms with van der Waals surface area (Å²) < 4.78 is 0. The Labute approximate surface area is 128 Å². The summed E-state index contributed by atoms with van der Waals surface area (Å²) in [5, 5.41) is 14.2. The Hall–Kier alpha value is -2.37. The summed E-state index contributed by atoms with van der Waals surface area (Å²) in [7, 11) is 0. The van der Waals surface area contributed by atoms with Crippen LogP contribution in [0.1, 0.15) is 24.8 Å². The van der Waals surface area contributed by atoms with Gasteiger partial charge in [0.25, 0.3) is 0 Å². The minimum atomic E-state index is -0.812. The maximum atomic E-state index is 11.8. The summed E-state index contributed by atoms with van der Waals surface area (Å²) in [6.07, 6.45) is 1.94. The summed E-state index contributed by atoms with van der Waals surface area (Å²) in [5.74, 6) is -1.68. The number of carbonyl (C=O) groups excluding carboxylic acids is 2. The van der Waals surface area contributed by atoms with Crippen molar-refractivity contribution in [3.63, 3.8) is 0 Å². The van der Waals surface area contributed by atoms with Gasteiger partial charge in [-0.25, -0.2) is 0 Å². The molecule has 22 heavy (non-hydrogen) atoms. The monoisotopic (exact) mass is 304 g/mol. The van der Waals surface area contributed by atoms with Crippen LogP contribution in [0.5, 0.6) is 0 Å². The summed E-state index contributed by atoms with van der Waals surface area (Å²) in [6.45, 7) is -0.0834. The van der Waals surface area contributed by atoms with Gasteiger partial charge < -0.3 is 15.7 Å². The van der Waals surface area contributed by atoms with Crippen molar-refractivity contribution in [2.75, 3.05) is 6.54 Å². The molecule has 0 aliphatic heterocycles. The number of hydrogen-bond acceptors (Lipinski definition) is 3. The number of aliphatic carboxylic acids is 1. The highest BCUT2D eigenvalue weighted by Gasteiger charge is 2.30. The predicted molar refractivity (Wildman–Crippen MR) is 80.1 cm³/mol. The first-order chi connectivity index (χ1) is 10.5. The van der Waals surface area contributed by atoms with E-state index in [2.05, 4.69) is 10.6 Å². The molecule has 1 aliphatic rings. The fraction of sp³-hybridized carbons (Fsp3) is 0.438. The summed E-state index contributed by atoms with van der Waals surface area (Å²) >= 11 is 0. The Kier molecular flexibility index (Phi) is 5.52.